The van der Waals surface area contributed by atoms with Crippen LogP contribution in [0.1, 0.15) is 35.8 Å². The molecule has 0 unspecified atom stereocenters. The first-order valence-corrected chi connectivity index (χ1v) is 9.51. The van der Waals surface area contributed by atoms with E-state index >= 15 is 0 Å². The number of benzene rings is 1. The average molecular weight is 364 g/mol. The van der Waals surface area contributed by atoms with Crippen molar-refractivity contribution in [1.82, 2.24) is 9.13 Å². The molecule has 5 nitrogen and oxygen atoms in total. The summed E-state index contributed by atoms with van der Waals surface area (Å²) in [5, 5.41) is 0.566. The number of nitrogens with zero attached hydrogens (tertiary/aromatic N) is 2. The highest BCUT2D eigenvalue weighted by molar-refractivity contribution is 5.96. The highest BCUT2D eigenvalue weighted by atomic mass is 16.5. The number of ether oxygens (including phenoxy) is 1. The van der Waals surface area contributed by atoms with Crippen LogP contribution in [0, 0.1) is 5.92 Å². The van der Waals surface area contributed by atoms with Crippen molar-refractivity contribution in [3.63, 3.8) is 0 Å². The molecule has 140 valence electrons. The molecule has 0 aliphatic heterocycles. The molecule has 0 amide bonds. The van der Waals surface area contributed by atoms with Gasteiger partial charge in [-0.15, -0.1) is 0 Å². The molecule has 3 aromatic rings. The molecule has 1 aliphatic carbocycles. The molecule has 1 aromatic carbocycles. The smallest absolute Gasteiger partial charge is 0.264 e. The van der Waals surface area contributed by atoms with E-state index in [9.17, 15) is 9.59 Å². The van der Waals surface area contributed by atoms with Gasteiger partial charge in [0.15, 0.2) is 5.78 Å². The number of aromatic nitrogens is 2. The normalized spacial score (nSPS) is 13.9. The summed E-state index contributed by atoms with van der Waals surface area (Å²) in [5.41, 5.74) is 2.17. The zero-order valence-corrected chi connectivity index (χ0v) is 15.8. The van der Waals surface area contributed by atoms with Crippen LogP contribution in [0.3, 0.4) is 0 Å². The Bertz CT molecular complexity index is 1040. The van der Waals surface area contributed by atoms with Gasteiger partial charge in [0.1, 0.15) is 11.1 Å². The highest BCUT2D eigenvalue weighted by Gasteiger charge is 2.24. The number of hydrogen-bond acceptors (Lipinski definition) is 3. The number of carbonyl (C=O) groups excluding carboxylic acids is 1. The van der Waals surface area contributed by atoms with Gasteiger partial charge in [0, 0.05) is 24.5 Å². The molecule has 1 aliphatic rings. The van der Waals surface area contributed by atoms with E-state index in [0.717, 1.165) is 11.2 Å². The number of carbonyl (C=O) groups is 1. The van der Waals surface area contributed by atoms with Crippen molar-refractivity contribution in [2.45, 2.75) is 32.7 Å². The predicted molar refractivity (Wildman–Crippen MR) is 106 cm³/mol. The van der Waals surface area contributed by atoms with Gasteiger partial charge in [-0.3, -0.25) is 9.59 Å². The van der Waals surface area contributed by atoms with E-state index in [4.69, 9.17) is 4.74 Å². The number of ketones is 1. The summed E-state index contributed by atoms with van der Waals surface area (Å²) in [7, 11) is 1.92. The molecule has 5 heteroatoms. The van der Waals surface area contributed by atoms with Crippen LogP contribution in [0.2, 0.25) is 0 Å². The Morgan fingerprint density at radius 1 is 1.22 bits per heavy atom. The Morgan fingerprint density at radius 3 is 2.63 bits per heavy atom. The molecule has 0 spiro atoms. The van der Waals surface area contributed by atoms with E-state index in [0.29, 0.717) is 35.6 Å². The lowest BCUT2D eigenvalue weighted by molar-refractivity contribution is 0.0970. The second-order valence-electron chi connectivity index (χ2n) is 7.29. The summed E-state index contributed by atoms with van der Waals surface area (Å²) in [6.45, 7) is 2.69. The lowest BCUT2D eigenvalue weighted by Gasteiger charge is -2.13. The van der Waals surface area contributed by atoms with Crippen molar-refractivity contribution in [2.24, 2.45) is 13.0 Å². The second-order valence-corrected chi connectivity index (χ2v) is 7.29. The van der Waals surface area contributed by atoms with Gasteiger partial charge < -0.3 is 13.9 Å². The number of hydrogen-bond donors (Lipinski definition) is 0. The Morgan fingerprint density at radius 2 is 1.96 bits per heavy atom. The topological polar surface area (TPSA) is 53.2 Å². The van der Waals surface area contributed by atoms with Gasteiger partial charge in [-0.25, -0.2) is 0 Å². The molecule has 0 saturated heterocycles. The first kappa shape index (κ1) is 17.6. The monoisotopic (exact) mass is 364 g/mol. The zero-order chi connectivity index (χ0) is 19.0. The minimum atomic E-state index is -0.153. The van der Waals surface area contributed by atoms with Crippen molar-refractivity contribution < 1.29 is 9.53 Å². The Balaban J connectivity index is 1.76. The summed E-state index contributed by atoms with van der Waals surface area (Å²) in [6, 6.07) is 11.1. The largest absolute Gasteiger partial charge is 0.491 e. The molecule has 2 aromatic heterocycles. The first-order chi connectivity index (χ1) is 13.1. The maximum Gasteiger partial charge on any atom is 0.264 e. The molecule has 0 radical (unpaired) electrons. The zero-order valence-electron chi connectivity index (χ0n) is 15.8. The van der Waals surface area contributed by atoms with Crippen LogP contribution in [0.5, 0.6) is 5.75 Å². The third kappa shape index (κ3) is 3.42. The van der Waals surface area contributed by atoms with Crippen molar-refractivity contribution in [1.29, 1.82) is 0 Å². The third-order valence-corrected chi connectivity index (χ3v) is 5.23. The van der Waals surface area contributed by atoms with Crippen LogP contribution in [-0.4, -0.2) is 21.5 Å². The molecule has 0 N–H and O–H groups in total. The highest BCUT2D eigenvalue weighted by Crippen LogP contribution is 2.32. The summed E-state index contributed by atoms with van der Waals surface area (Å²) < 4.78 is 9.47. The van der Waals surface area contributed by atoms with Gasteiger partial charge in [0.25, 0.3) is 5.56 Å². The van der Waals surface area contributed by atoms with Crippen molar-refractivity contribution >= 4 is 16.7 Å². The fraction of sp³-hybridized carbons (Fsp3) is 0.364. The Hall–Kier alpha value is -2.82. The number of aryl methyl sites for hydroxylation is 2. The number of rotatable bonds is 7. The van der Waals surface area contributed by atoms with Crippen LogP contribution in [0.25, 0.3) is 10.9 Å². The van der Waals surface area contributed by atoms with E-state index in [2.05, 4.69) is 0 Å². The quantitative estimate of drug-likeness (QED) is 0.602. The van der Waals surface area contributed by atoms with Crippen LogP contribution in [0.4, 0.5) is 0 Å². The van der Waals surface area contributed by atoms with E-state index in [1.165, 1.54) is 12.8 Å². The Kier molecular flexibility index (Phi) is 4.60. The van der Waals surface area contributed by atoms with Gasteiger partial charge in [0.05, 0.1) is 18.7 Å². The van der Waals surface area contributed by atoms with E-state index in [-0.39, 0.29) is 17.9 Å². The number of Topliss-reactive ketones (excluding diaryl/α,β-unsaturated/α-hetero) is 1. The average Bonchev–Trinajstić information content (AvgIpc) is 3.46. The molecule has 2 heterocycles. The molecule has 1 fully saturated rings. The van der Waals surface area contributed by atoms with Crippen molar-refractivity contribution in [3.8, 4) is 5.75 Å². The molecule has 4 rings (SSSR count). The second kappa shape index (κ2) is 7.06. The summed E-state index contributed by atoms with van der Waals surface area (Å²) in [5.74, 6) is 1.16. The predicted octanol–water partition coefficient (Wildman–Crippen LogP) is 3.57. The summed E-state index contributed by atoms with van der Waals surface area (Å²) in [6.07, 6.45) is 4.94. The van der Waals surface area contributed by atoms with Crippen LogP contribution < -0.4 is 10.3 Å². The molecule has 0 bridgehead atoms. The van der Waals surface area contributed by atoms with Crippen LogP contribution in [0.15, 0.2) is 47.4 Å². The minimum absolute atomic E-state index is 0.0406. The van der Waals surface area contributed by atoms with Gasteiger partial charge in [0.2, 0.25) is 0 Å². The minimum Gasteiger partial charge on any atom is -0.491 e. The maximum absolute atomic E-state index is 13.3. The molecular weight excluding hydrogens is 340 g/mol. The molecular formula is C22H24N2O3. The van der Waals surface area contributed by atoms with Gasteiger partial charge in [-0.1, -0.05) is 37.3 Å². The lowest BCUT2D eigenvalue weighted by atomic mass is 10.1. The van der Waals surface area contributed by atoms with Crippen molar-refractivity contribution in [2.75, 3.05) is 6.61 Å². The molecule has 0 atom stereocenters. The van der Waals surface area contributed by atoms with E-state index in [1.54, 1.807) is 16.7 Å². The fourth-order valence-electron chi connectivity index (χ4n) is 3.43. The lowest BCUT2D eigenvalue weighted by Crippen LogP contribution is -2.27. The first-order valence-electron chi connectivity index (χ1n) is 9.51. The third-order valence-electron chi connectivity index (χ3n) is 5.23. The maximum atomic E-state index is 13.3. The van der Waals surface area contributed by atoms with E-state index < -0.39 is 0 Å². The SMILES string of the molecule is CCc1cc2c(c(OCC3CC3)cn2C)c(=O)n1CC(=O)c1ccccc1. The number of fused-ring (bicyclic) bond motifs is 1. The van der Waals surface area contributed by atoms with E-state index in [1.807, 2.05) is 49.0 Å². The number of pyridine rings is 1. The van der Waals surface area contributed by atoms with Crippen LogP contribution >= 0.6 is 0 Å². The molecule has 27 heavy (non-hydrogen) atoms. The van der Waals surface area contributed by atoms with Gasteiger partial charge in [-0.2, -0.15) is 0 Å². The summed E-state index contributed by atoms with van der Waals surface area (Å²) in [4.78, 5) is 26.0. The summed E-state index contributed by atoms with van der Waals surface area (Å²) >= 11 is 0. The molecule has 1 saturated carbocycles. The van der Waals surface area contributed by atoms with Gasteiger partial charge in [-0.05, 0) is 31.2 Å². The van der Waals surface area contributed by atoms with Gasteiger partial charge >= 0.3 is 0 Å². The fourth-order valence-corrected chi connectivity index (χ4v) is 3.43. The standard InChI is InChI=1S/C22H24N2O3/c1-3-17-11-18-21(20(13-23(18)2)27-14-15-9-10-15)22(26)24(17)12-19(25)16-7-5-4-6-8-16/h4-8,11,13,15H,3,9-10,12,14H2,1-2H3. The Labute approximate surface area is 158 Å². The van der Waals surface area contributed by atoms with Crippen molar-refractivity contribution in [3.05, 3.63) is 64.2 Å². The van der Waals surface area contributed by atoms with Crippen LogP contribution in [-0.2, 0) is 20.0 Å².